The third-order valence-electron chi connectivity index (χ3n) is 5.93. The number of amides is 2. The molecule has 0 saturated carbocycles. The zero-order valence-corrected chi connectivity index (χ0v) is 18.8. The van der Waals surface area contributed by atoms with Crippen LogP contribution in [0.2, 0.25) is 0 Å². The van der Waals surface area contributed by atoms with Gasteiger partial charge in [-0.3, -0.25) is 0 Å². The van der Waals surface area contributed by atoms with Crippen molar-refractivity contribution in [2.75, 3.05) is 6.16 Å². The predicted octanol–water partition coefficient (Wildman–Crippen LogP) is 3.10. The summed E-state index contributed by atoms with van der Waals surface area (Å²) in [5.41, 5.74) is 0. The number of hydrogen-bond donors (Lipinski definition) is 0. The van der Waals surface area contributed by atoms with Crippen LogP contribution in [0, 0.1) is 0 Å². The zero-order chi connectivity index (χ0) is 22.4. The number of hydrogen-bond acceptors (Lipinski definition) is 4. The van der Waals surface area contributed by atoms with Gasteiger partial charge in [-0.25, -0.2) is 0 Å². The Labute approximate surface area is 188 Å². The monoisotopic (exact) mass is 447 g/mol. The first-order valence-corrected chi connectivity index (χ1v) is 13.0. The van der Waals surface area contributed by atoms with E-state index in [0.29, 0.717) is 11.5 Å². The second kappa shape index (κ2) is 9.88. The zero-order valence-electron chi connectivity index (χ0n) is 17.8. The Morgan fingerprint density at radius 2 is 1.12 bits per heavy atom. The molecule has 1 aliphatic rings. The van der Waals surface area contributed by atoms with Crippen LogP contribution in [0.3, 0.4) is 0 Å². The van der Waals surface area contributed by atoms with Crippen molar-refractivity contribution in [2.24, 2.45) is 0 Å². The summed E-state index contributed by atoms with van der Waals surface area (Å²) in [6, 6.07) is 31.4. The average molecular weight is 447 g/mol. The van der Waals surface area contributed by atoms with Gasteiger partial charge in [-0.1, -0.05) is 0 Å². The first kappa shape index (κ1) is 21.9. The molecule has 1 heterocycles. The molecular weight excluding hydrogens is 421 g/mol. The van der Waals surface area contributed by atoms with Crippen LogP contribution in [-0.4, -0.2) is 29.0 Å². The van der Waals surface area contributed by atoms with Gasteiger partial charge in [0.15, 0.2) is 0 Å². The number of hydroxylamine groups is 2. The van der Waals surface area contributed by atoms with Crippen molar-refractivity contribution in [3.8, 4) is 0 Å². The van der Waals surface area contributed by atoms with Crippen LogP contribution in [0.1, 0.15) is 25.7 Å². The predicted molar refractivity (Wildman–Crippen MR) is 128 cm³/mol. The molecule has 0 spiro atoms. The van der Waals surface area contributed by atoms with E-state index in [1.165, 1.54) is 15.9 Å². The van der Waals surface area contributed by atoms with Crippen molar-refractivity contribution in [3.63, 3.8) is 0 Å². The molecule has 0 bridgehead atoms. The summed E-state index contributed by atoms with van der Waals surface area (Å²) < 4.78 is 0. The molecule has 3 aromatic rings. The number of carbonyl (C=O) groups is 3. The SMILES string of the molecule is O=C(CCC[PH](c1ccccc1)(c1ccccc1)c1ccccc1)ON1C(=O)CCC1=O. The Bertz CT molecular complexity index is 974. The van der Waals surface area contributed by atoms with Crippen LogP contribution >= 0.6 is 7.26 Å². The van der Waals surface area contributed by atoms with Crippen molar-refractivity contribution in [2.45, 2.75) is 25.7 Å². The number of benzene rings is 3. The molecular formula is C26H26NO4P. The van der Waals surface area contributed by atoms with Crippen LogP contribution in [0.4, 0.5) is 0 Å². The van der Waals surface area contributed by atoms with Crippen molar-refractivity contribution in [1.82, 2.24) is 5.06 Å². The molecule has 0 radical (unpaired) electrons. The van der Waals surface area contributed by atoms with Crippen LogP contribution in [0.5, 0.6) is 0 Å². The van der Waals surface area contributed by atoms with E-state index in [1.807, 2.05) is 18.2 Å². The Hall–Kier alpha value is -3.30. The number of carbonyl (C=O) groups excluding carboxylic acids is 3. The van der Waals surface area contributed by atoms with E-state index < -0.39 is 25.0 Å². The molecule has 5 nitrogen and oxygen atoms in total. The second-order valence-corrected chi connectivity index (χ2v) is 11.9. The van der Waals surface area contributed by atoms with E-state index in [9.17, 15) is 14.4 Å². The quantitative estimate of drug-likeness (QED) is 0.393. The van der Waals surface area contributed by atoms with Crippen molar-refractivity contribution in [1.29, 1.82) is 0 Å². The van der Waals surface area contributed by atoms with E-state index in [2.05, 4.69) is 72.8 Å². The van der Waals surface area contributed by atoms with Crippen molar-refractivity contribution >= 4 is 41.0 Å². The first-order valence-electron chi connectivity index (χ1n) is 10.8. The molecule has 0 unspecified atom stereocenters. The van der Waals surface area contributed by atoms with Gasteiger partial charge in [-0.05, 0) is 0 Å². The normalized spacial score (nSPS) is 14.4. The van der Waals surface area contributed by atoms with Gasteiger partial charge < -0.3 is 0 Å². The van der Waals surface area contributed by atoms with Gasteiger partial charge in [0, 0.05) is 0 Å². The molecule has 1 fully saturated rings. The molecule has 1 aliphatic heterocycles. The van der Waals surface area contributed by atoms with Crippen molar-refractivity contribution in [3.05, 3.63) is 91.0 Å². The Balaban J connectivity index is 1.62. The number of rotatable bonds is 8. The van der Waals surface area contributed by atoms with E-state index >= 15 is 0 Å². The van der Waals surface area contributed by atoms with Crippen LogP contribution in [0.25, 0.3) is 0 Å². The maximum absolute atomic E-state index is 12.4. The van der Waals surface area contributed by atoms with Gasteiger partial charge in [-0.2, -0.15) is 0 Å². The van der Waals surface area contributed by atoms with Crippen LogP contribution in [-0.2, 0) is 19.2 Å². The molecule has 0 atom stereocenters. The minimum atomic E-state index is -2.42. The summed E-state index contributed by atoms with van der Waals surface area (Å²) in [5.74, 6) is -1.46. The Kier molecular flexibility index (Phi) is 6.77. The molecule has 0 aliphatic carbocycles. The van der Waals surface area contributed by atoms with Crippen molar-refractivity contribution < 1.29 is 19.2 Å². The molecule has 1 saturated heterocycles. The second-order valence-electron chi connectivity index (χ2n) is 7.90. The number of nitrogens with zero attached hydrogens (tertiary/aromatic N) is 1. The summed E-state index contributed by atoms with van der Waals surface area (Å²) in [6.07, 6.45) is 1.70. The maximum atomic E-state index is 12.4. The van der Waals surface area contributed by atoms with Gasteiger partial charge in [0.05, 0.1) is 0 Å². The van der Waals surface area contributed by atoms with E-state index in [1.54, 1.807) is 0 Å². The summed E-state index contributed by atoms with van der Waals surface area (Å²) in [5, 5.41) is 4.44. The average Bonchev–Trinajstić information content (AvgIpc) is 3.16. The van der Waals surface area contributed by atoms with E-state index in [0.717, 1.165) is 6.16 Å². The fraction of sp³-hybridized carbons (Fsp3) is 0.192. The van der Waals surface area contributed by atoms with Gasteiger partial charge in [0.1, 0.15) is 0 Å². The molecule has 0 N–H and O–H groups in total. The molecule has 164 valence electrons. The third-order valence-corrected chi connectivity index (χ3v) is 11.0. The Morgan fingerprint density at radius 3 is 1.53 bits per heavy atom. The molecule has 6 heteroatoms. The summed E-state index contributed by atoms with van der Waals surface area (Å²) in [6.45, 7) is 0. The van der Waals surface area contributed by atoms with Gasteiger partial charge >= 0.3 is 188 Å². The fourth-order valence-corrected chi connectivity index (χ4v) is 9.26. The van der Waals surface area contributed by atoms with Crippen LogP contribution < -0.4 is 15.9 Å². The number of imide groups is 1. The van der Waals surface area contributed by atoms with Crippen LogP contribution in [0.15, 0.2) is 91.0 Å². The van der Waals surface area contributed by atoms with Gasteiger partial charge in [0.2, 0.25) is 0 Å². The third kappa shape index (κ3) is 4.49. The van der Waals surface area contributed by atoms with Gasteiger partial charge in [0.25, 0.3) is 0 Å². The van der Waals surface area contributed by atoms with E-state index in [-0.39, 0.29) is 19.3 Å². The fourth-order valence-electron chi connectivity index (χ4n) is 4.40. The molecule has 2 amide bonds. The van der Waals surface area contributed by atoms with Gasteiger partial charge in [-0.15, -0.1) is 0 Å². The molecule has 4 rings (SSSR count). The summed E-state index contributed by atoms with van der Waals surface area (Å²) in [4.78, 5) is 41.0. The standard InChI is InChI=1S/C26H26NO4P/c28-24-18-19-25(29)27(24)31-26(30)17-10-20-32(21-11-4-1-5-12-21,22-13-6-2-7-14-22)23-15-8-3-9-16-23/h1-9,11-16,32H,10,17-20H2. The molecule has 32 heavy (non-hydrogen) atoms. The molecule has 3 aromatic carbocycles. The van der Waals surface area contributed by atoms with E-state index in [4.69, 9.17) is 4.84 Å². The summed E-state index contributed by atoms with van der Waals surface area (Å²) in [7, 11) is -2.42. The topological polar surface area (TPSA) is 63.7 Å². The Morgan fingerprint density at radius 1 is 0.719 bits per heavy atom. The molecule has 0 aromatic heterocycles. The summed E-state index contributed by atoms with van der Waals surface area (Å²) >= 11 is 0. The first-order chi connectivity index (χ1) is 15.6. The minimum absolute atomic E-state index is 0.0954.